The second-order valence-electron chi connectivity index (χ2n) is 6.19. The summed E-state index contributed by atoms with van der Waals surface area (Å²) in [7, 11) is 1.93. The number of carbonyl (C=O) groups is 1. The van der Waals surface area contributed by atoms with E-state index in [-0.39, 0.29) is 5.91 Å². The number of hydrogen-bond acceptors (Lipinski definition) is 3. The predicted octanol–water partition coefficient (Wildman–Crippen LogP) is 3.30. The van der Waals surface area contributed by atoms with E-state index in [1.807, 2.05) is 42.1 Å². The monoisotopic (exact) mass is 335 g/mol. The molecule has 0 saturated heterocycles. The molecule has 6 heteroatoms. The number of hydrazone groups is 1. The molecule has 1 amide bonds. The van der Waals surface area contributed by atoms with Crippen LogP contribution in [0.5, 0.6) is 0 Å². The number of amides is 1. The zero-order chi connectivity index (χ0) is 17.8. The van der Waals surface area contributed by atoms with E-state index in [1.54, 1.807) is 12.3 Å². The second-order valence-corrected chi connectivity index (χ2v) is 6.19. The maximum absolute atomic E-state index is 12.1. The molecule has 2 aromatic heterocycles. The van der Waals surface area contributed by atoms with Crippen molar-refractivity contribution in [3.05, 3.63) is 65.5 Å². The first kappa shape index (κ1) is 16.7. The molecule has 2 N–H and O–H groups in total. The fourth-order valence-electron chi connectivity index (χ4n) is 2.49. The molecule has 6 nitrogen and oxygen atoms in total. The van der Waals surface area contributed by atoms with Gasteiger partial charge in [0.15, 0.2) is 0 Å². The van der Waals surface area contributed by atoms with Crippen molar-refractivity contribution in [3.63, 3.8) is 0 Å². The van der Waals surface area contributed by atoms with Gasteiger partial charge in [-0.1, -0.05) is 38.1 Å². The van der Waals surface area contributed by atoms with Gasteiger partial charge in [-0.15, -0.1) is 0 Å². The topological polar surface area (TPSA) is 75.1 Å². The summed E-state index contributed by atoms with van der Waals surface area (Å²) >= 11 is 0. The predicted molar refractivity (Wildman–Crippen MR) is 98.6 cm³/mol. The van der Waals surface area contributed by atoms with Crippen molar-refractivity contribution in [2.75, 3.05) is 0 Å². The number of nitrogens with zero attached hydrogens (tertiary/aromatic N) is 3. The molecular formula is C19H21N5O. The molecule has 25 heavy (non-hydrogen) atoms. The van der Waals surface area contributed by atoms with E-state index in [9.17, 15) is 4.79 Å². The molecule has 3 rings (SSSR count). The summed E-state index contributed by atoms with van der Waals surface area (Å²) in [6.07, 6.45) is 3.55. The van der Waals surface area contributed by atoms with Crippen LogP contribution in [0.3, 0.4) is 0 Å². The largest absolute Gasteiger partial charge is 0.349 e. The number of nitrogens with one attached hydrogen (secondary N) is 2. The number of carbonyl (C=O) groups excluding carboxylic acids is 1. The van der Waals surface area contributed by atoms with Crippen molar-refractivity contribution < 1.29 is 4.79 Å². The molecule has 2 heterocycles. The molecule has 0 spiro atoms. The van der Waals surface area contributed by atoms with E-state index in [2.05, 4.69) is 46.7 Å². The smallest absolute Gasteiger partial charge is 0.289 e. The van der Waals surface area contributed by atoms with Gasteiger partial charge in [-0.05, 0) is 35.2 Å². The van der Waals surface area contributed by atoms with Crippen LogP contribution in [-0.4, -0.2) is 26.9 Å². The van der Waals surface area contributed by atoms with Gasteiger partial charge in [0.2, 0.25) is 0 Å². The second kappa shape index (κ2) is 7.17. The average Bonchev–Trinajstić information content (AvgIpc) is 3.24. The molecule has 1 aromatic carbocycles. The Morgan fingerprint density at radius 1 is 1.28 bits per heavy atom. The lowest BCUT2D eigenvalue weighted by Gasteiger charge is -2.04. The summed E-state index contributed by atoms with van der Waals surface area (Å²) in [6, 6.07) is 13.7. The maximum atomic E-state index is 12.1. The van der Waals surface area contributed by atoms with E-state index in [4.69, 9.17) is 0 Å². The molecule has 0 aliphatic rings. The lowest BCUT2D eigenvalue weighted by atomic mass is 10.0. The summed E-state index contributed by atoms with van der Waals surface area (Å²) < 4.78 is 1.94. The van der Waals surface area contributed by atoms with Crippen molar-refractivity contribution in [2.45, 2.75) is 19.8 Å². The minimum Gasteiger partial charge on any atom is -0.349 e. The summed E-state index contributed by atoms with van der Waals surface area (Å²) in [4.78, 5) is 12.1. The molecule has 0 aliphatic heterocycles. The Hall–Kier alpha value is -3.15. The zero-order valence-electron chi connectivity index (χ0n) is 14.5. The van der Waals surface area contributed by atoms with Crippen molar-refractivity contribution in [2.24, 2.45) is 12.1 Å². The first-order chi connectivity index (χ1) is 12.0. The molecule has 0 saturated carbocycles. The van der Waals surface area contributed by atoms with Crippen LogP contribution in [0.4, 0.5) is 0 Å². The Bertz CT molecular complexity index is 887. The number of hydrogen-bond donors (Lipinski definition) is 2. The minimum atomic E-state index is -0.331. The van der Waals surface area contributed by atoms with Crippen LogP contribution >= 0.6 is 0 Å². The molecule has 0 atom stereocenters. The summed E-state index contributed by atoms with van der Waals surface area (Å²) in [5.41, 5.74) is 6.72. The van der Waals surface area contributed by atoms with Gasteiger partial charge in [0.1, 0.15) is 11.4 Å². The lowest BCUT2D eigenvalue weighted by Crippen LogP contribution is -2.18. The van der Waals surface area contributed by atoms with E-state index in [1.165, 1.54) is 5.56 Å². The van der Waals surface area contributed by atoms with E-state index in [0.717, 1.165) is 11.3 Å². The number of benzene rings is 1. The third kappa shape index (κ3) is 3.85. The summed E-state index contributed by atoms with van der Waals surface area (Å²) in [5, 5.41) is 10.9. The first-order valence-electron chi connectivity index (χ1n) is 8.15. The van der Waals surface area contributed by atoms with Crippen LogP contribution in [0, 0.1) is 0 Å². The quantitative estimate of drug-likeness (QED) is 0.554. The van der Waals surface area contributed by atoms with Gasteiger partial charge in [-0.2, -0.15) is 10.2 Å². The lowest BCUT2D eigenvalue weighted by molar-refractivity contribution is 0.0950. The molecular weight excluding hydrogens is 314 g/mol. The normalized spacial score (nSPS) is 11.4. The highest BCUT2D eigenvalue weighted by molar-refractivity contribution is 5.94. The third-order valence-electron chi connectivity index (χ3n) is 4.01. The fourth-order valence-corrected chi connectivity index (χ4v) is 2.49. The zero-order valence-corrected chi connectivity index (χ0v) is 14.5. The fraction of sp³-hybridized carbons (Fsp3) is 0.211. The van der Waals surface area contributed by atoms with Crippen LogP contribution in [-0.2, 0) is 7.05 Å². The highest BCUT2D eigenvalue weighted by Crippen LogP contribution is 2.17. The first-order valence-corrected chi connectivity index (χ1v) is 8.15. The van der Waals surface area contributed by atoms with Gasteiger partial charge in [0.05, 0.1) is 11.9 Å². The maximum Gasteiger partial charge on any atom is 0.289 e. The Morgan fingerprint density at radius 3 is 2.68 bits per heavy atom. The Kier molecular flexibility index (Phi) is 4.79. The number of aromatic nitrogens is 3. The summed E-state index contributed by atoms with van der Waals surface area (Å²) in [6.45, 7) is 4.30. The summed E-state index contributed by atoms with van der Waals surface area (Å²) in [5.74, 6) is 0.160. The number of H-pyrrole nitrogens is 1. The number of aryl methyl sites for hydroxylation is 1. The molecule has 0 fully saturated rings. The van der Waals surface area contributed by atoms with Crippen LogP contribution in [0.1, 0.15) is 41.4 Å². The van der Waals surface area contributed by atoms with Crippen molar-refractivity contribution in [1.29, 1.82) is 0 Å². The van der Waals surface area contributed by atoms with Crippen molar-refractivity contribution >= 4 is 12.1 Å². The van der Waals surface area contributed by atoms with Crippen LogP contribution in [0.2, 0.25) is 0 Å². The van der Waals surface area contributed by atoms with Gasteiger partial charge >= 0.3 is 0 Å². The Morgan fingerprint density at radius 2 is 2.04 bits per heavy atom. The number of rotatable bonds is 5. The van der Waals surface area contributed by atoms with E-state index >= 15 is 0 Å². The Labute approximate surface area is 146 Å². The number of aromatic amines is 1. The van der Waals surface area contributed by atoms with Gasteiger partial charge in [0, 0.05) is 13.2 Å². The average molecular weight is 335 g/mol. The van der Waals surface area contributed by atoms with Gasteiger partial charge in [-0.3, -0.25) is 9.89 Å². The van der Waals surface area contributed by atoms with E-state index in [0.29, 0.717) is 17.3 Å². The molecule has 0 unspecified atom stereocenters. The van der Waals surface area contributed by atoms with Gasteiger partial charge in [-0.25, -0.2) is 5.43 Å². The highest BCUT2D eigenvalue weighted by atomic mass is 16.2. The van der Waals surface area contributed by atoms with Crippen molar-refractivity contribution in [1.82, 2.24) is 20.2 Å². The molecule has 128 valence electrons. The minimum absolute atomic E-state index is 0.331. The van der Waals surface area contributed by atoms with Gasteiger partial charge in [0.25, 0.3) is 5.91 Å². The molecule has 0 radical (unpaired) electrons. The SMILES string of the molecule is CC(C)c1ccc(C=NNC(=O)c2cc(-c3cccn3C)n[nH]2)cc1. The van der Waals surface area contributed by atoms with Crippen molar-refractivity contribution in [3.8, 4) is 11.4 Å². The van der Waals surface area contributed by atoms with Crippen LogP contribution in [0.25, 0.3) is 11.4 Å². The van der Waals surface area contributed by atoms with Crippen LogP contribution in [0.15, 0.2) is 53.8 Å². The van der Waals surface area contributed by atoms with E-state index < -0.39 is 0 Å². The standard InChI is InChI=1S/C19H21N5O/c1-13(2)15-8-6-14(7-9-15)12-20-23-19(25)17-11-16(21-22-17)18-5-4-10-24(18)3/h4-13H,1-3H3,(H,21,22)(H,23,25). The van der Waals surface area contributed by atoms with Gasteiger partial charge < -0.3 is 4.57 Å². The van der Waals surface area contributed by atoms with Crippen LogP contribution < -0.4 is 5.43 Å². The molecule has 0 aliphatic carbocycles. The molecule has 0 bridgehead atoms. The highest BCUT2D eigenvalue weighted by Gasteiger charge is 2.11. The Balaban J connectivity index is 1.63. The molecule has 3 aromatic rings. The third-order valence-corrected chi connectivity index (χ3v) is 4.01.